The number of rotatable bonds is 6. The number of methoxy groups -OCH3 is 1. The highest BCUT2D eigenvalue weighted by Crippen LogP contribution is 2.31. The van der Waals surface area contributed by atoms with Crippen LogP contribution in [0.4, 0.5) is 0 Å². The Balaban J connectivity index is 1.69. The molecular formula is C18H20N2O4. The molecule has 0 unspecified atom stereocenters. The number of nitrogens with zero attached hydrogens (tertiary/aromatic N) is 1. The number of pyridine rings is 1. The lowest BCUT2D eigenvalue weighted by Gasteiger charge is -2.14. The minimum Gasteiger partial charge on any atom is -0.493 e. The molecule has 2 heterocycles. The van der Waals surface area contributed by atoms with Gasteiger partial charge >= 0.3 is 0 Å². The van der Waals surface area contributed by atoms with Crippen LogP contribution in [0.15, 0.2) is 42.6 Å². The lowest BCUT2D eigenvalue weighted by atomic mass is 10.2. The monoisotopic (exact) mass is 328 g/mol. The third kappa shape index (κ3) is 3.83. The Morgan fingerprint density at radius 1 is 1.29 bits per heavy atom. The first kappa shape index (κ1) is 16.3. The molecule has 0 bridgehead atoms. The van der Waals surface area contributed by atoms with Crippen LogP contribution in [0.1, 0.15) is 18.4 Å². The number of nitrogens with one attached hydrogen (secondary N) is 1. The summed E-state index contributed by atoms with van der Waals surface area (Å²) in [5.74, 6) is 1.54. The Kier molecular flexibility index (Phi) is 5.28. The van der Waals surface area contributed by atoms with E-state index in [0.29, 0.717) is 30.5 Å². The zero-order valence-corrected chi connectivity index (χ0v) is 13.5. The van der Waals surface area contributed by atoms with Crippen LogP contribution < -0.4 is 14.8 Å². The summed E-state index contributed by atoms with van der Waals surface area (Å²) in [5, 5.41) is 2.88. The van der Waals surface area contributed by atoms with E-state index in [1.807, 2.05) is 36.4 Å². The van der Waals surface area contributed by atoms with E-state index in [1.54, 1.807) is 13.3 Å². The van der Waals surface area contributed by atoms with Gasteiger partial charge in [0.1, 0.15) is 6.10 Å². The van der Waals surface area contributed by atoms with Crippen LogP contribution in [-0.2, 0) is 16.1 Å². The zero-order valence-electron chi connectivity index (χ0n) is 13.5. The van der Waals surface area contributed by atoms with E-state index in [1.165, 1.54) is 0 Å². The first-order chi connectivity index (χ1) is 11.8. The molecule has 1 aromatic heterocycles. The molecular weight excluding hydrogens is 308 g/mol. The lowest BCUT2D eigenvalue weighted by molar-refractivity contribution is -0.130. The van der Waals surface area contributed by atoms with E-state index in [0.717, 1.165) is 18.4 Å². The molecule has 1 N–H and O–H groups in total. The summed E-state index contributed by atoms with van der Waals surface area (Å²) in [7, 11) is 1.59. The van der Waals surface area contributed by atoms with Gasteiger partial charge in [0.25, 0.3) is 0 Å². The third-order valence-corrected chi connectivity index (χ3v) is 3.80. The van der Waals surface area contributed by atoms with Crippen molar-refractivity contribution in [2.45, 2.75) is 25.5 Å². The maximum Gasteiger partial charge on any atom is 0.249 e. The Bertz CT molecular complexity index is 699. The van der Waals surface area contributed by atoms with Crippen molar-refractivity contribution in [2.24, 2.45) is 0 Å². The van der Waals surface area contributed by atoms with Gasteiger partial charge in [-0.25, -0.2) is 4.98 Å². The number of amides is 1. The molecule has 1 fully saturated rings. The summed E-state index contributed by atoms with van der Waals surface area (Å²) in [6.07, 6.45) is 2.99. The summed E-state index contributed by atoms with van der Waals surface area (Å²) in [6, 6.07) is 11.0. The first-order valence-corrected chi connectivity index (χ1v) is 7.92. The van der Waals surface area contributed by atoms with E-state index < -0.39 is 0 Å². The number of ether oxygens (including phenoxy) is 3. The van der Waals surface area contributed by atoms with Crippen molar-refractivity contribution in [3.63, 3.8) is 0 Å². The van der Waals surface area contributed by atoms with Crippen molar-refractivity contribution in [3.8, 4) is 17.4 Å². The third-order valence-electron chi connectivity index (χ3n) is 3.80. The molecule has 1 amide bonds. The fraction of sp³-hybridized carbons (Fsp3) is 0.333. The number of aromatic nitrogens is 1. The minimum atomic E-state index is -0.347. The fourth-order valence-electron chi connectivity index (χ4n) is 2.54. The molecule has 1 aromatic carbocycles. The van der Waals surface area contributed by atoms with Gasteiger partial charge in [-0.3, -0.25) is 4.79 Å². The van der Waals surface area contributed by atoms with E-state index in [2.05, 4.69) is 10.3 Å². The largest absolute Gasteiger partial charge is 0.493 e. The Morgan fingerprint density at radius 2 is 2.12 bits per heavy atom. The summed E-state index contributed by atoms with van der Waals surface area (Å²) in [4.78, 5) is 16.3. The molecule has 6 nitrogen and oxygen atoms in total. The molecule has 1 atom stereocenters. The Labute approximate surface area is 140 Å². The van der Waals surface area contributed by atoms with Gasteiger partial charge < -0.3 is 19.5 Å². The second kappa shape index (κ2) is 7.79. The van der Waals surface area contributed by atoms with Crippen LogP contribution in [0.3, 0.4) is 0 Å². The molecule has 24 heavy (non-hydrogen) atoms. The highest BCUT2D eigenvalue weighted by atomic mass is 16.5. The minimum absolute atomic E-state index is 0.0976. The first-order valence-electron chi connectivity index (χ1n) is 7.92. The van der Waals surface area contributed by atoms with Gasteiger partial charge in [-0.1, -0.05) is 18.2 Å². The summed E-state index contributed by atoms with van der Waals surface area (Å²) < 4.78 is 16.5. The topological polar surface area (TPSA) is 69.7 Å². The van der Waals surface area contributed by atoms with E-state index in [4.69, 9.17) is 14.2 Å². The molecule has 0 aliphatic carbocycles. The maximum atomic E-state index is 12.1. The van der Waals surface area contributed by atoms with Crippen LogP contribution in [-0.4, -0.2) is 30.7 Å². The zero-order chi connectivity index (χ0) is 16.8. The van der Waals surface area contributed by atoms with Crippen molar-refractivity contribution < 1.29 is 19.0 Å². The van der Waals surface area contributed by atoms with E-state index in [-0.39, 0.29) is 12.0 Å². The Hall–Kier alpha value is -2.60. The molecule has 0 spiro atoms. The van der Waals surface area contributed by atoms with Crippen molar-refractivity contribution in [2.75, 3.05) is 13.7 Å². The van der Waals surface area contributed by atoms with Gasteiger partial charge in [-0.2, -0.15) is 0 Å². The normalized spacial score (nSPS) is 16.6. The predicted molar refractivity (Wildman–Crippen MR) is 88.1 cm³/mol. The lowest BCUT2D eigenvalue weighted by Crippen LogP contribution is -2.33. The van der Waals surface area contributed by atoms with Crippen molar-refractivity contribution in [1.82, 2.24) is 10.3 Å². The number of carbonyl (C=O) groups excluding carboxylic acids is 1. The quantitative estimate of drug-likeness (QED) is 0.883. The SMILES string of the molecule is COc1ccccc1Oc1ncccc1CNC(=O)[C@@H]1CCCO1. The van der Waals surface area contributed by atoms with Crippen LogP contribution in [0.25, 0.3) is 0 Å². The number of hydrogen-bond donors (Lipinski definition) is 1. The van der Waals surface area contributed by atoms with Gasteiger partial charge in [0.05, 0.1) is 7.11 Å². The van der Waals surface area contributed by atoms with Gasteiger partial charge in [-0.15, -0.1) is 0 Å². The van der Waals surface area contributed by atoms with Gasteiger partial charge in [0, 0.05) is 24.9 Å². The molecule has 2 aromatic rings. The fourth-order valence-corrected chi connectivity index (χ4v) is 2.54. The number of carbonyl (C=O) groups is 1. The van der Waals surface area contributed by atoms with Crippen LogP contribution in [0.2, 0.25) is 0 Å². The second-order valence-corrected chi connectivity index (χ2v) is 5.44. The predicted octanol–water partition coefficient (Wildman–Crippen LogP) is 2.68. The van der Waals surface area contributed by atoms with E-state index >= 15 is 0 Å². The van der Waals surface area contributed by atoms with Crippen molar-refractivity contribution in [3.05, 3.63) is 48.2 Å². The van der Waals surface area contributed by atoms with Crippen LogP contribution in [0, 0.1) is 0 Å². The molecule has 3 rings (SSSR count). The average Bonchev–Trinajstić information content (AvgIpc) is 3.16. The number of hydrogen-bond acceptors (Lipinski definition) is 5. The number of para-hydroxylation sites is 2. The molecule has 126 valence electrons. The van der Waals surface area contributed by atoms with Crippen molar-refractivity contribution >= 4 is 5.91 Å². The highest BCUT2D eigenvalue weighted by molar-refractivity contribution is 5.81. The van der Waals surface area contributed by atoms with Crippen molar-refractivity contribution in [1.29, 1.82) is 0 Å². The van der Waals surface area contributed by atoms with Crippen LogP contribution in [0.5, 0.6) is 17.4 Å². The summed E-state index contributed by atoms with van der Waals surface area (Å²) >= 11 is 0. The standard InChI is InChI=1S/C18H20N2O4/c1-22-14-7-2-3-8-15(14)24-18-13(6-4-10-19-18)12-20-17(21)16-9-5-11-23-16/h2-4,6-8,10,16H,5,9,11-12H2,1H3,(H,20,21)/t16-/m0/s1. The molecule has 0 radical (unpaired) electrons. The van der Waals surface area contributed by atoms with Gasteiger partial charge in [0.15, 0.2) is 11.5 Å². The molecule has 1 aliphatic heterocycles. The molecule has 1 aliphatic rings. The number of benzene rings is 1. The summed E-state index contributed by atoms with van der Waals surface area (Å²) in [5.41, 5.74) is 0.787. The van der Waals surface area contributed by atoms with Gasteiger partial charge in [0.2, 0.25) is 11.8 Å². The average molecular weight is 328 g/mol. The highest BCUT2D eigenvalue weighted by Gasteiger charge is 2.23. The maximum absolute atomic E-state index is 12.1. The van der Waals surface area contributed by atoms with Crippen LogP contribution >= 0.6 is 0 Å². The van der Waals surface area contributed by atoms with Gasteiger partial charge in [-0.05, 0) is 31.0 Å². The molecule has 0 saturated carbocycles. The smallest absolute Gasteiger partial charge is 0.249 e. The molecule has 1 saturated heterocycles. The summed E-state index contributed by atoms with van der Waals surface area (Å²) in [6.45, 7) is 0.976. The Morgan fingerprint density at radius 3 is 2.88 bits per heavy atom. The second-order valence-electron chi connectivity index (χ2n) is 5.44. The van der Waals surface area contributed by atoms with E-state index in [9.17, 15) is 4.79 Å². The molecule has 6 heteroatoms.